The van der Waals surface area contributed by atoms with Crippen molar-refractivity contribution < 1.29 is 60.0 Å². The van der Waals surface area contributed by atoms with Crippen LogP contribution in [0.2, 0.25) is 0 Å². The van der Waals surface area contributed by atoms with Gasteiger partial charge >= 0.3 is 18.3 Å². The second-order valence-corrected chi connectivity index (χ2v) is 13.9. The molecule has 4 aromatic carbocycles. The molecule has 0 spiro atoms. The average Bonchev–Trinajstić information content (AvgIpc) is 3.27. The zero-order valence-electron chi connectivity index (χ0n) is 33.0. The normalized spacial score (nSPS) is 13.5. The molecule has 20 heteroatoms. The number of ether oxygens (including phenoxy) is 3. The van der Waals surface area contributed by atoms with Gasteiger partial charge < -0.3 is 30.0 Å². The third-order valence-corrected chi connectivity index (χ3v) is 9.22. The number of alkyl halides is 6. The van der Waals surface area contributed by atoms with E-state index in [4.69, 9.17) is 14.2 Å². The van der Waals surface area contributed by atoms with E-state index in [2.05, 4.69) is 15.6 Å². The number of nitriles is 4. The minimum atomic E-state index is -5.02. The van der Waals surface area contributed by atoms with Gasteiger partial charge in [-0.1, -0.05) is 0 Å². The first kappa shape index (κ1) is 46.6. The van der Waals surface area contributed by atoms with E-state index in [0.29, 0.717) is 12.1 Å². The van der Waals surface area contributed by atoms with Gasteiger partial charge in [-0.3, -0.25) is 14.6 Å². The second-order valence-electron chi connectivity index (χ2n) is 13.9. The Labute approximate surface area is 359 Å². The highest BCUT2D eigenvalue weighted by Crippen LogP contribution is 2.38. The van der Waals surface area contributed by atoms with Gasteiger partial charge in [-0.25, -0.2) is 4.79 Å². The number of nitrogens with one attached hydrogen (secondary N) is 2. The van der Waals surface area contributed by atoms with Gasteiger partial charge in [0.2, 0.25) is 5.60 Å². The predicted molar refractivity (Wildman–Crippen MR) is 209 cm³/mol. The Morgan fingerprint density at radius 3 is 1.64 bits per heavy atom. The third-order valence-electron chi connectivity index (χ3n) is 9.22. The second kappa shape index (κ2) is 18.7. The maximum atomic E-state index is 14.3. The zero-order valence-corrected chi connectivity index (χ0v) is 33.0. The number of hydrogen-bond acceptors (Lipinski definition) is 12. The average molecular weight is 882 g/mol. The molecule has 5 aromatic rings. The van der Waals surface area contributed by atoms with Crippen molar-refractivity contribution in [3.63, 3.8) is 0 Å². The fourth-order valence-electron chi connectivity index (χ4n) is 5.78. The molecule has 0 radical (unpaired) electrons. The summed E-state index contributed by atoms with van der Waals surface area (Å²) in [4.78, 5) is 46.3. The molecule has 0 saturated heterocycles. The van der Waals surface area contributed by atoms with E-state index < -0.39 is 98.9 Å². The van der Waals surface area contributed by atoms with Gasteiger partial charge in [0.15, 0.2) is 11.7 Å². The zero-order chi connectivity index (χ0) is 47.0. The van der Waals surface area contributed by atoms with Gasteiger partial charge in [0.1, 0.15) is 18.1 Å². The van der Waals surface area contributed by atoms with E-state index >= 15 is 0 Å². The van der Waals surface area contributed by atoms with Gasteiger partial charge in [-0.05, 0) is 111 Å². The molecule has 0 fully saturated rings. The summed E-state index contributed by atoms with van der Waals surface area (Å²) in [6.45, 7) is 1.09. The van der Waals surface area contributed by atoms with Crippen molar-refractivity contribution in [2.24, 2.45) is 0 Å². The first-order valence-corrected chi connectivity index (χ1v) is 18.2. The van der Waals surface area contributed by atoms with Gasteiger partial charge in [0.05, 0.1) is 68.9 Å². The van der Waals surface area contributed by atoms with Crippen LogP contribution in [0.25, 0.3) is 0 Å². The molecule has 0 bridgehead atoms. The monoisotopic (exact) mass is 881 g/mol. The highest BCUT2D eigenvalue weighted by Gasteiger charge is 2.47. The van der Waals surface area contributed by atoms with E-state index in [1.165, 1.54) is 66.7 Å². The van der Waals surface area contributed by atoms with Crippen molar-refractivity contribution in [3.05, 3.63) is 148 Å². The molecule has 2 amide bonds. The van der Waals surface area contributed by atoms with Gasteiger partial charge in [-0.2, -0.15) is 47.4 Å². The Bertz CT molecular complexity index is 2770. The number of anilines is 2. The molecule has 5 rings (SSSR count). The molecule has 3 N–H and O–H groups in total. The summed E-state index contributed by atoms with van der Waals surface area (Å²) < 4.78 is 100. The van der Waals surface area contributed by atoms with Crippen LogP contribution in [0.3, 0.4) is 0 Å². The fraction of sp³-hybridized carbons (Fsp3) is 0.182. The first-order chi connectivity index (χ1) is 30.1. The molecule has 0 saturated carbocycles. The topological polar surface area (TPSA) is 231 Å². The Morgan fingerprint density at radius 2 is 1.17 bits per heavy atom. The lowest BCUT2D eigenvalue weighted by molar-refractivity contribution is -0.143. The number of carbonyl (C=O) groups excluding carboxylic acids is 3. The van der Waals surface area contributed by atoms with Crippen molar-refractivity contribution in [2.75, 3.05) is 17.2 Å². The van der Waals surface area contributed by atoms with Crippen LogP contribution in [0.5, 0.6) is 11.5 Å². The summed E-state index contributed by atoms with van der Waals surface area (Å²) in [5.41, 5.74) is -11.3. The lowest BCUT2D eigenvalue weighted by Crippen LogP contribution is -2.50. The summed E-state index contributed by atoms with van der Waals surface area (Å²) in [6, 6.07) is 23.9. The molecule has 0 unspecified atom stereocenters. The van der Waals surface area contributed by atoms with Gasteiger partial charge in [0, 0.05) is 17.6 Å². The van der Waals surface area contributed by atoms with E-state index in [9.17, 15) is 66.9 Å². The third kappa shape index (κ3) is 10.7. The van der Waals surface area contributed by atoms with Crippen LogP contribution >= 0.6 is 0 Å². The number of rotatable bonds is 13. The molecule has 0 aliphatic rings. The van der Waals surface area contributed by atoms with Crippen LogP contribution in [0, 0.1) is 45.3 Å². The van der Waals surface area contributed by atoms with Crippen molar-refractivity contribution in [2.45, 2.75) is 43.5 Å². The Kier molecular flexibility index (Phi) is 13.6. The van der Waals surface area contributed by atoms with Crippen molar-refractivity contribution in [1.29, 1.82) is 21.0 Å². The van der Waals surface area contributed by atoms with Crippen LogP contribution in [0.4, 0.5) is 37.7 Å². The lowest BCUT2D eigenvalue weighted by atomic mass is 9.91. The summed E-state index contributed by atoms with van der Waals surface area (Å²) in [5.74, 6) is -4.15. The highest BCUT2D eigenvalue weighted by molar-refractivity contribution is 6.01. The van der Waals surface area contributed by atoms with Crippen LogP contribution in [0.1, 0.15) is 69.4 Å². The summed E-state index contributed by atoms with van der Waals surface area (Å²) >= 11 is 0. The minimum absolute atomic E-state index is 0.0522. The smallest absolute Gasteiger partial charge is 0.417 e. The number of aliphatic hydroxyl groups is 1. The molecule has 1 heterocycles. The summed E-state index contributed by atoms with van der Waals surface area (Å²) in [7, 11) is 0. The van der Waals surface area contributed by atoms with Crippen LogP contribution < -0.4 is 20.1 Å². The molecule has 0 aliphatic carbocycles. The van der Waals surface area contributed by atoms with Crippen molar-refractivity contribution in [3.8, 4) is 35.8 Å². The largest absolute Gasteiger partial charge is 0.489 e. The van der Waals surface area contributed by atoms with Crippen molar-refractivity contribution in [1.82, 2.24) is 4.98 Å². The standard InChI is InChI=1S/C44H29F6N7O7/c1-41(24-62-31-13-5-25(20-51)6-14-31,39(59)56-29-11-9-27(22-53)34(18-29)43(45,46)47)64-38(58)33-4-3-17-55-36(33)37(63-32-15-7-26(21-52)8-16-32)42(2,61)40(60)57-30-12-10-28(23-54)35(19-30)44(48,49)50/h3-19,37,61H,24H2,1-2H3,(H,56,59)(H,57,60)/t37-,41-,42-/m0/s1. The highest BCUT2D eigenvalue weighted by atomic mass is 19.4. The summed E-state index contributed by atoms with van der Waals surface area (Å²) in [5, 5.41) is 53.2. The number of carbonyl (C=O) groups is 3. The first-order valence-electron chi connectivity index (χ1n) is 18.2. The molecule has 1 aromatic heterocycles. The van der Waals surface area contributed by atoms with E-state index in [1.807, 2.05) is 12.1 Å². The van der Waals surface area contributed by atoms with E-state index in [-0.39, 0.29) is 22.6 Å². The number of esters is 1. The van der Waals surface area contributed by atoms with Crippen LogP contribution in [-0.2, 0) is 26.7 Å². The van der Waals surface area contributed by atoms with Gasteiger partial charge in [0.25, 0.3) is 11.8 Å². The van der Waals surface area contributed by atoms with Crippen molar-refractivity contribution >= 4 is 29.2 Å². The molecular formula is C44H29F6N7O7. The Balaban J connectivity index is 1.56. The Morgan fingerprint density at radius 1 is 0.688 bits per heavy atom. The number of aromatic nitrogens is 1. The molecule has 0 aliphatic heterocycles. The number of halogens is 6. The lowest BCUT2D eigenvalue weighted by Gasteiger charge is -2.33. The number of pyridine rings is 1. The predicted octanol–water partition coefficient (Wildman–Crippen LogP) is 7.75. The van der Waals surface area contributed by atoms with E-state index in [1.54, 1.807) is 0 Å². The fourth-order valence-corrected chi connectivity index (χ4v) is 5.78. The number of amides is 2. The SMILES string of the molecule is C[C@@](COc1ccc(C#N)cc1)(OC(=O)c1cccnc1[C@H](Oc1ccc(C#N)cc1)[C@](C)(O)C(=O)Nc1ccc(C#N)c(C(F)(F)F)c1)C(=O)Nc1ccc(C#N)c(C(F)(F)F)c1. The minimum Gasteiger partial charge on any atom is -0.489 e. The molecular weight excluding hydrogens is 853 g/mol. The maximum absolute atomic E-state index is 14.3. The molecule has 14 nitrogen and oxygen atoms in total. The van der Waals surface area contributed by atoms with Crippen LogP contribution in [0.15, 0.2) is 103 Å². The number of hydrogen-bond donors (Lipinski definition) is 3. The quantitative estimate of drug-likeness (QED) is 0.0761. The molecule has 324 valence electrons. The Hall–Kier alpha value is -8.46. The van der Waals surface area contributed by atoms with Gasteiger partial charge in [-0.15, -0.1) is 0 Å². The molecule has 64 heavy (non-hydrogen) atoms. The maximum Gasteiger partial charge on any atom is 0.417 e. The number of nitrogens with zero attached hydrogens (tertiary/aromatic N) is 5. The molecule has 3 atom stereocenters. The summed E-state index contributed by atoms with van der Waals surface area (Å²) in [6.07, 6.45) is -11.0. The number of benzene rings is 4. The van der Waals surface area contributed by atoms with E-state index in [0.717, 1.165) is 50.4 Å². The van der Waals surface area contributed by atoms with Crippen LogP contribution in [-0.4, -0.2) is 45.7 Å².